The predicted molar refractivity (Wildman–Crippen MR) is 227 cm³/mol. The zero-order valence-corrected chi connectivity index (χ0v) is 29.6. The molecule has 0 radical (unpaired) electrons. The van der Waals surface area contributed by atoms with Crippen LogP contribution < -0.4 is 0 Å². The van der Waals surface area contributed by atoms with Crippen LogP contribution in [-0.4, -0.2) is 15.0 Å². The summed E-state index contributed by atoms with van der Waals surface area (Å²) >= 11 is 0. The van der Waals surface area contributed by atoms with Crippen LogP contribution in [0.25, 0.3) is 111 Å². The second-order valence-corrected chi connectivity index (χ2v) is 14.0. The lowest BCUT2D eigenvalue weighted by atomic mass is 9.93. The van der Waals surface area contributed by atoms with Crippen molar-refractivity contribution < 1.29 is 4.42 Å². The molecule has 4 heteroatoms. The number of aromatic nitrogens is 3. The summed E-state index contributed by atoms with van der Waals surface area (Å²) in [6.45, 7) is 0. The van der Waals surface area contributed by atoms with Crippen molar-refractivity contribution in [2.24, 2.45) is 0 Å². The van der Waals surface area contributed by atoms with Crippen molar-refractivity contribution in [3.05, 3.63) is 188 Å². The first kappa shape index (κ1) is 31.1. The molecule has 2 aromatic heterocycles. The molecule has 11 aromatic rings. The van der Waals surface area contributed by atoms with E-state index in [2.05, 4.69) is 158 Å². The normalized spacial score (nSPS) is 11.6. The lowest BCUT2D eigenvalue weighted by Crippen LogP contribution is -2.00. The minimum absolute atomic E-state index is 0.633. The van der Waals surface area contributed by atoms with Gasteiger partial charge in [-0.2, -0.15) is 0 Å². The van der Waals surface area contributed by atoms with Gasteiger partial charge in [0.1, 0.15) is 11.2 Å². The first-order valence-corrected chi connectivity index (χ1v) is 18.5. The van der Waals surface area contributed by atoms with Crippen LogP contribution in [0, 0.1) is 0 Å². The smallest absolute Gasteiger partial charge is 0.164 e. The third-order valence-corrected chi connectivity index (χ3v) is 10.7. The van der Waals surface area contributed by atoms with Gasteiger partial charge in [0.25, 0.3) is 0 Å². The van der Waals surface area contributed by atoms with Gasteiger partial charge in [-0.05, 0) is 79.5 Å². The Morgan fingerprint density at radius 1 is 0.291 bits per heavy atom. The first-order chi connectivity index (χ1) is 27.2. The summed E-state index contributed by atoms with van der Waals surface area (Å²) in [6.07, 6.45) is 0. The molecule has 55 heavy (non-hydrogen) atoms. The Morgan fingerprint density at radius 3 is 1.62 bits per heavy atom. The molecule has 0 spiro atoms. The lowest BCUT2D eigenvalue weighted by molar-refractivity contribution is 0.673. The van der Waals surface area contributed by atoms with Gasteiger partial charge in [0.15, 0.2) is 17.5 Å². The Bertz CT molecular complexity index is 3260. The predicted octanol–water partition coefficient (Wildman–Crippen LogP) is 13.6. The van der Waals surface area contributed by atoms with Gasteiger partial charge in [0, 0.05) is 32.8 Å². The molecule has 0 aliphatic heterocycles. The van der Waals surface area contributed by atoms with Crippen LogP contribution in [0.4, 0.5) is 0 Å². The zero-order valence-electron chi connectivity index (χ0n) is 29.6. The highest BCUT2D eigenvalue weighted by atomic mass is 16.3. The largest absolute Gasteiger partial charge is 0.455 e. The number of furan rings is 1. The van der Waals surface area contributed by atoms with Crippen LogP contribution in [-0.2, 0) is 0 Å². The summed E-state index contributed by atoms with van der Waals surface area (Å²) in [5.41, 5.74) is 9.20. The Hall–Kier alpha value is -7.43. The molecule has 0 saturated heterocycles. The quantitative estimate of drug-likeness (QED) is 0.179. The van der Waals surface area contributed by atoms with Crippen molar-refractivity contribution >= 4 is 54.3 Å². The molecule has 256 valence electrons. The summed E-state index contributed by atoms with van der Waals surface area (Å²) in [6, 6.07) is 65.7. The van der Waals surface area contributed by atoms with Crippen LogP contribution in [0.1, 0.15) is 0 Å². The average Bonchev–Trinajstić information content (AvgIpc) is 3.64. The monoisotopic (exact) mass is 701 g/mol. The van der Waals surface area contributed by atoms with Gasteiger partial charge in [-0.15, -0.1) is 0 Å². The summed E-state index contributed by atoms with van der Waals surface area (Å²) in [5, 5.41) is 9.01. The SMILES string of the molecule is c1ccc(-c2nc(-c3ccc4ccccc4c3)nc(-c3ccc(-c4ccc5c(c4)oc4c6ccccc6c(-c6ccccc6)cc54)c4ccccc34)n2)cc1. The van der Waals surface area contributed by atoms with E-state index in [1.807, 2.05) is 30.3 Å². The molecule has 11 rings (SSSR count). The molecule has 2 heterocycles. The zero-order chi connectivity index (χ0) is 36.3. The third kappa shape index (κ3) is 5.26. The van der Waals surface area contributed by atoms with Crippen molar-refractivity contribution in [3.63, 3.8) is 0 Å². The van der Waals surface area contributed by atoms with E-state index in [1.54, 1.807) is 0 Å². The lowest BCUT2D eigenvalue weighted by Gasteiger charge is -2.13. The van der Waals surface area contributed by atoms with E-state index >= 15 is 0 Å². The number of fused-ring (bicyclic) bond motifs is 7. The van der Waals surface area contributed by atoms with Gasteiger partial charge in [-0.25, -0.2) is 15.0 Å². The molecule has 0 aliphatic rings. The molecule has 0 amide bonds. The molecular formula is C51H31N3O. The minimum Gasteiger partial charge on any atom is -0.455 e. The highest BCUT2D eigenvalue weighted by molar-refractivity contribution is 6.19. The molecule has 4 nitrogen and oxygen atoms in total. The molecule has 9 aromatic carbocycles. The van der Waals surface area contributed by atoms with E-state index in [-0.39, 0.29) is 0 Å². The molecule has 0 saturated carbocycles. The Morgan fingerprint density at radius 2 is 0.855 bits per heavy atom. The maximum absolute atomic E-state index is 6.73. The maximum Gasteiger partial charge on any atom is 0.164 e. The second kappa shape index (κ2) is 12.6. The van der Waals surface area contributed by atoms with Crippen LogP contribution >= 0.6 is 0 Å². The molecule has 0 atom stereocenters. The van der Waals surface area contributed by atoms with Gasteiger partial charge < -0.3 is 4.42 Å². The van der Waals surface area contributed by atoms with Crippen molar-refractivity contribution in [3.8, 4) is 56.4 Å². The molecule has 0 N–H and O–H groups in total. The fourth-order valence-electron chi connectivity index (χ4n) is 8.04. The maximum atomic E-state index is 6.73. The van der Waals surface area contributed by atoms with Crippen LogP contribution in [0.15, 0.2) is 192 Å². The number of hydrogen-bond donors (Lipinski definition) is 0. The number of hydrogen-bond acceptors (Lipinski definition) is 4. The summed E-state index contributed by atoms with van der Waals surface area (Å²) < 4.78 is 6.73. The highest BCUT2D eigenvalue weighted by Crippen LogP contribution is 2.42. The standard InChI is InChI=1S/C51H31N3O/c1-3-14-33(15-4-1)45-31-46-42-26-25-36(30-47(42)55-48(46)43-22-12-11-21-41(43)45)38-27-28-44(40-20-10-9-19-39(38)40)51-53-49(34-16-5-2-6-17-34)52-50(54-51)37-24-23-32-13-7-8-18-35(32)29-37/h1-31H. The first-order valence-electron chi connectivity index (χ1n) is 18.5. The average molecular weight is 702 g/mol. The molecular weight excluding hydrogens is 671 g/mol. The topological polar surface area (TPSA) is 51.8 Å². The van der Waals surface area contributed by atoms with Gasteiger partial charge in [0.2, 0.25) is 0 Å². The molecule has 0 bridgehead atoms. The molecule has 0 aliphatic carbocycles. The van der Waals surface area contributed by atoms with E-state index in [0.717, 1.165) is 71.3 Å². The minimum atomic E-state index is 0.633. The van der Waals surface area contributed by atoms with Crippen LogP contribution in [0.2, 0.25) is 0 Å². The number of rotatable bonds is 5. The Kier molecular flexibility index (Phi) is 7.14. The second-order valence-electron chi connectivity index (χ2n) is 14.0. The summed E-state index contributed by atoms with van der Waals surface area (Å²) in [4.78, 5) is 15.2. The van der Waals surface area contributed by atoms with E-state index in [4.69, 9.17) is 19.4 Å². The van der Waals surface area contributed by atoms with Crippen molar-refractivity contribution in [2.75, 3.05) is 0 Å². The fourth-order valence-corrected chi connectivity index (χ4v) is 8.04. The van der Waals surface area contributed by atoms with E-state index in [0.29, 0.717) is 17.5 Å². The van der Waals surface area contributed by atoms with Crippen molar-refractivity contribution in [2.45, 2.75) is 0 Å². The van der Waals surface area contributed by atoms with Gasteiger partial charge in [0.05, 0.1) is 0 Å². The highest BCUT2D eigenvalue weighted by Gasteiger charge is 2.19. The van der Waals surface area contributed by atoms with Crippen molar-refractivity contribution in [1.82, 2.24) is 15.0 Å². The third-order valence-electron chi connectivity index (χ3n) is 10.7. The summed E-state index contributed by atoms with van der Waals surface area (Å²) in [5.74, 6) is 1.91. The van der Waals surface area contributed by atoms with Gasteiger partial charge >= 0.3 is 0 Å². The Balaban J connectivity index is 1.07. The van der Waals surface area contributed by atoms with Crippen molar-refractivity contribution in [1.29, 1.82) is 0 Å². The summed E-state index contributed by atoms with van der Waals surface area (Å²) in [7, 11) is 0. The van der Waals surface area contributed by atoms with Gasteiger partial charge in [-0.3, -0.25) is 0 Å². The Labute approximate surface area is 317 Å². The molecule has 0 unspecified atom stereocenters. The van der Waals surface area contributed by atoms with Gasteiger partial charge in [-0.1, -0.05) is 158 Å². The number of nitrogens with zero attached hydrogens (tertiary/aromatic N) is 3. The van der Waals surface area contributed by atoms with E-state index in [9.17, 15) is 0 Å². The molecule has 0 fully saturated rings. The fraction of sp³-hybridized carbons (Fsp3) is 0. The van der Waals surface area contributed by atoms with E-state index in [1.165, 1.54) is 21.9 Å². The van der Waals surface area contributed by atoms with E-state index < -0.39 is 0 Å². The van der Waals surface area contributed by atoms with Crippen LogP contribution in [0.5, 0.6) is 0 Å². The van der Waals surface area contributed by atoms with Crippen LogP contribution in [0.3, 0.4) is 0 Å². The number of benzene rings is 9.